The summed E-state index contributed by atoms with van der Waals surface area (Å²) in [5.74, 6) is -0.361. The van der Waals surface area contributed by atoms with E-state index in [0.717, 1.165) is 24.8 Å². The number of hydrogen-bond donors (Lipinski definition) is 2. The van der Waals surface area contributed by atoms with E-state index < -0.39 is 10.0 Å². The molecule has 1 aromatic heterocycles. The Hall–Kier alpha value is -2.23. The molecule has 0 aliphatic carbocycles. The van der Waals surface area contributed by atoms with Crippen LogP contribution in [0.15, 0.2) is 46.7 Å². The van der Waals surface area contributed by atoms with Crippen LogP contribution in [0.5, 0.6) is 0 Å². The second-order valence-electron chi connectivity index (χ2n) is 6.87. The number of carbonyl (C=O) groups is 2. The maximum absolute atomic E-state index is 12.6. The van der Waals surface area contributed by atoms with Gasteiger partial charge in [0.05, 0.1) is 9.77 Å². The van der Waals surface area contributed by atoms with E-state index in [1.54, 1.807) is 36.4 Å². The summed E-state index contributed by atoms with van der Waals surface area (Å²) in [6, 6.07) is 10.1. The summed E-state index contributed by atoms with van der Waals surface area (Å²) in [6.07, 6.45) is 3.05. The summed E-state index contributed by atoms with van der Waals surface area (Å²) in [5.41, 5.74) is 0.818. The summed E-state index contributed by atoms with van der Waals surface area (Å²) in [6.45, 7) is 1.71. The molecular formula is C20H25N3O4S2. The van der Waals surface area contributed by atoms with Crippen molar-refractivity contribution in [2.24, 2.45) is 0 Å². The number of benzene rings is 1. The molecule has 0 unspecified atom stereocenters. The molecule has 0 spiro atoms. The van der Waals surface area contributed by atoms with Gasteiger partial charge in [-0.05, 0) is 42.0 Å². The Morgan fingerprint density at radius 3 is 2.38 bits per heavy atom. The zero-order valence-electron chi connectivity index (χ0n) is 16.1. The lowest BCUT2D eigenvalue weighted by Gasteiger charge is -2.25. The van der Waals surface area contributed by atoms with Crippen LogP contribution in [-0.4, -0.2) is 44.2 Å². The second kappa shape index (κ2) is 10.00. The third-order valence-electron chi connectivity index (χ3n) is 4.75. The number of rotatable bonds is 8. The van der Waals surface area contributed by atoms with Gasteiger partial charge >= 0.3 is 0 Å². The van der Waals surface area contributed by atoms with Crippen molar-refractivity contribution in [3.05, 3.63) is 52.2 Å². The lowest BCUT2D eigenvalue weighted by Crippen LogP contribution is -2.35. The Balaban J connectivity index is 1.43. The van der Waals surface area contributed by atoms with Crippen molar-refractivity contribution in [2.75, 3.05) is 19.6 Å². The maximum Gasteiger partial charge on any atom is 0.261 e. The van der Waals surface area contributed by atoms with E-state index in [9.17, 15) is 18.0 Å². The van der Waals surface area contributed by atoms with Crippen molar-refractivity contribution in [3.8, 4) is 0 Å². The van der Waals surface area contributed by atoms with E-state index in [1.165, 1.54) is 15.6 Å². The highest BCUT2D eigenvalue weighted by molar-refractivity contribution is 7.89. The molecule has 9 heteroatoms. The highest BCUT2D eigenvalue weighted by Gasteiger charge is 2.25. The zero-order chi connectivity index (χ0) is 20.7. The van der Waals surface area contributed by atoms with Gasteiger partial charge in [0, 0.05) is 32.6 Å². The largest absolute Gasteiger partial charge is 0.352 e. The van der Waals surface area contributed by atoms with Gasteiger partial charge in [0.15, 0.2) is 0 Å². The Labute approximate surface area is 175 Å². The second-order valence-corrected chi connectivity index (χ2v) is 9.75. The molecule has 3 rings (SSSR count). The first-order chi connectivity index (χ1) is 14.0. The normalized spacial score (nSPS) is 15.0. The molecule has 29 heavy (non-hydrogen) atoms. The Morgan fingerprint density at radius 2 is 1.72 bits per heavy atom. The average Bonchev–Trinajstić information content (AvgIpc) is 3.28. The van der Waals surface area contributed by atoms with Crippen molar-refractivity contribution in [1.82, 2.24) is 14.9 Å². The van der Waals surface area contributed by atoms with Gasteiger partial charge in [-0.2, -0.15) is 4.31 Å². The van der Waals surface area contributed by atoms with Crippen LogP contribution in [0.2, 0.25) is 0 Å². The molecule has 1 fully saturated rings. The van der Waals surface area contributed by atoms with Crippen LogP contribution in [-0.2, 0) is 21.4 Å². The minimum atomic E-state index is -3.44. The van der Waals surface area contributed by atoms with E-state index in [4.69, 9.17) is 0 Å². The van der Waals surface area contributed by atoms with Crippen LogP contribution >= 0.6 is 11.3 Å². The highest BCUT2D eigenvalue weighted by atomic mass is 32.2. The van der Waals surface area contributed by atoms with Crippen LogP contribution in [0.3, 0.4) is 0 Å². The fraction of sp³-hybridized carbons (Fsp3) is 0.400. The van der Waals surface area contributed by atoms with Gasteiger partial charge in [0.2, 0.25) is 15.9 Å². The molecule has 1 aliphatic rings. The number of nitrogens with one attached hydrogen (secondary N) is 2. The van der Waals surface area contributed by atoms with E-state index in [1.807, 2.05) is 5.38 Å². The summed E-state index contributed by atoms with van der Waals surface area (Å²) >= 11 is 1.35. The van der Waals surface area contributed by atoms with E-state index in [0.29, 0.717) is 24.5 Å². The molecule has 0 saturated carbocycles. The quantitative estimate of drug-likeness (QED) is 0.665. The average molecular weight is 436 g/mol. The maximum atomic E-state index is 12.6. The summed E-state index contributed by atoms with van der Waals surface area (Å²) in [4.78, 5) is 24.7. The molecule has 7 nitrogen and oxygen atoms in total. The molecule has 2 N–H and O–H groups in total. The first kappa shape index (κ1) is 21.5. The first-order valence-corrected chi connectivity index (χ1v) is 12.0. The Kier molecular flexibility index (Phi) is 7.40. The highest BCUT2D eigenvalue weighted by Crippen LogP contribution is 2.20. The number of nitrogens with zero attached hydrogens (tertiary/aromatic N) is 1. The van der Waals surface area contributed by atoms with Crippen molar-refractivity contribution in [3.63, 3.8) is 0 Å². The van der Waals surface area contributed by atoms with Gasteiger partial charge in [-0.3, -0.25) is 9.59 Å². The third kappa shape index (κ3) is 5.88. The number of amides is 2. The number of thiophene rings is 1. The summed E-state index contributed by atoms with van der Waals surface area (Å²) in [7, 11) is -3.44. The molecule has 1 aromatic carbocycles. The summed E-state index contributed by atoms with van der Waals surface area (Å²) < 4.78 is 26.8. The van der Waals surface area contributed by atoms with Crippen molar-refractivity contribution in [2.45, 2.75) is 37.1 Å². The van der Waals surface area contributed by atoms with Gasteiger partial charge < -0.3 is 10.6 Å². The smallest absolute Gasteiger partial charge is 0.261 e. The molecular weight excluding hydrogens is 410 g/mol. The SMILES string of the molecule is O=C(CCNC(=O)c1cccs1)NCc1ccc(S(=O)(=O)N2CCCCC2)cc1. The molecule has 2 heterocycles. The van der Waals surface area contributed by atoms with Gasteiger partial charge in [-0.15, -0.1) is 11.3 Å². The monoisotopic (exact) mass is 435 g/mol. The molecule has 156 valence electrons. The number of piperidine rings is 1. The molecule has 0 atom stereocenters. The van der Waals surface area contributed by atoms with E-state index in [-0.39, 0.29) is 29.7 Å². The number of sulfonamides is 1. The van der Waals surface area contributed by atoms with Crippen LogP contribution in [0.4, 0.5) is 0 Å². The predicted octanol–water partition coefficient (Wildman–Crippen LogP) is 2.36. The fourth-order valence-electron chi connectivity index (χ4n) is 3.11. The molecule has 1 aliphatic heterocycles. The minimum absolute atomic E-state index is 0.179. The number of hydrogen-bond acceptors (Lipinski definition) is 5. The Bertz CT molecular complexity index is 919. The fourth-order valence-corrected chi connectivity index (χ4v) is 5.26. The molecule has 0 bridgehead atoms. The van der Waals surface area contributed by atoms with Crippen molar-refractivity contribution in [1.29, 1.82) is 0 Å². The van der Waals surface area contributed by atoms with Gasteiger partial charge in [-0.1, -0.05) is 24.6 Å². The lowest BCUT2D eigenvalue weighted by molar-refractivity contribution is -0.121. The first-order valence-electron chi connectivity index (χ1n) is 9.64. The summed E-state index contributed by atoms with van der Waals surface area (Å²) in [5, 5.41) is 7.31. The third-order valence-corrected chi connectivity index (χ3v) is 7.53. The van der Waals surface area contributed by atoms with Crippen LogP contribution in [0, 0.1) is 0 Å². The van der Waals surface area contributed by atoms with Crippen LogP contribution < -0.4 is 10.6 Å². The van der Waals surface area contributed by atoms with Crippen LogP contribution in [0.1, 0.15) is 40.9 Å². The Morgan fingerprint density at radius 1 is 1.00 bits per heavy atom. The van der Waals surface area contributed by atoms with Crippen molar-refractivity contribution >= 4 is 33.2 Å². The van der Waals surface area contributed by atoms with Crippen molar-refractivity contribution < 1.29 is 18.0 Å². The molecule has 0 radical (unpaired) electrons. The standard InChI is InChI=1S/C20H25N3O4S2/c24-19(10-11-21-20(25)18-5-4-14-28-18)22-15-16-6-8-17(9-7-16)29(26,27)23-12-2-1-3-13-23/h4-9,14H,1-3,10-13,15H2,(H,21,25)(H,22,24). The van der Waals surface area contributed by atoms with E-state index >= 15 is 0 Å². The predicted molar refractivity (Wildman–Crippen MR) is 112 cm³/mol. The minimum Gasteiger partial charge on any atom is -0.352 e. The lowest BCUT2D eigenvalue weighted by atomic mass is 10.2. The zero-order valence-corrected chi connectivity index (χ0v) is 17.7. The van der Waals surface area contributed by atoms with Gasteiger partial charge in [0.25, 0.3) is 5.91 Å². The molecule has 2 amide bonds. The van der Waals surface area contributed by atoms with Crippen LogP contribution in [0.25, 0.3) is 0 Å². The van der Waals surface area contributed by atoms with E-state index in [2.05, 4.69) is 10.6 Å². The van der Waals surface area contributed by atoms with Gasteiger partial charge in [0.1, 0.15) is 0 Å². The molecule has 2 aromatic rings. The topological polar surface area (TPSA) is 95.6 Å². The number of carbonyl (C=O) groups excluding carboxylic acids is 2. The molecule has 1 saturated heterocycles. The van der Waals surface area contributed by atoms with Gasteiger partial charge in [-0.25, -0.2) is 8.42 Å².